The molecule has 0 aliphatic carbocycles. The first-order valence-electron chi connectivity index (χ1n) is 6.71. The van der Waals surface area contributed by atoms with Gasteiger partial charge in [0, 0.05) is 18.3 Å². The van der Waals surface area contributed by atoms with Crippen LogP contribution in [0.25, 0.3) is 11.3 Å². The number of imidazole rings is 1. The molecule has 2 aromatic rings. The summed E-state index contributed by atoms with van der Waals surface area (Å²) in [7, 11) is 0. The van der Waals surface area contributed by atoms with Crippen molar-refractivity contribution in [2.75, 3.05) is 5.73 Å². The molecule has 2 N–H and O–H groups in total. The molecule has 0 aliphatic rings. The molecule has 0 radical (unpaired) electrons. The van der Waals surface area contributed by atoms with Crippen LogP contribution in [0.3, 0.4) is 0 Å². The number of hydrogen-bond donors (Lipinski definition) is 1. The second-order valence-electron chi connectivity index (χ2n) is 4.84. The Bertz CT molecular complexity index is 561. The van der Waals surface area contributed by atoms with E-state index < -0.39 is 0 Å². The molecule has 1 aromatic carbocycles. The van der Waals surface area contributed by atoms with Crippen molar-refractivity contribution in [3.63, 3.8) is 0 Å². The zero-order chi connectivity index (χ0) is 13.8. The summed E-state index contributed by atoms with van der Waals surface area (Å²) in [5.41, 5.74) is 8.54. The van der Waals surface area contributed by atoms with E-state index in [2.05, 4.69) is 11.9 Å². The molecule has 2 rings (SSSR count). The molecule has 0 saturated heterocycles. The van der Waals surface area contributed by atoms with Crippen LogP contribution in [-0.4, -0.2) is 9.55 Å². The minimum Gasteiger partial charge on any atom is -0.369 e. The average Bonchev–Trinajstić information content (AvgIpc) is 2.71. The number of unbranched alkanes of at least 4 members (excludes halogenated alkanes) is 2. The van der Waals surface area contributed by atoms with Crippen molar-refractivity contribution in [3.05, 3.63) is 35.8 Å². The Morgan fingerprint density at radius 3 is 2.79 bits per heavy atom. The Labute approximate surface area is 113 Å². The van der Waals surface area contributed by atoms with Crippen molar-refractivity contribution >= 4 is 5.95 Å². The van der Waals surface area contributed by atoms with Gasteiger partial charge in [-0.3, -0.25) is 0 Å². The number of aryl methyl sites for hydroxylation is 2. The largest absolute Gasteiger partial charge is 0.369 e. The fourth-order valence-corrected chi connectivity index (χ4v) is 2.19. The van der Waals surface area contributed by atoms with Gasteiger partial charge in [0.05, 0.1) is 5.69 Å². The van der Waals surface area contributed by atoms with E-state index in [-0.39, 0.29) is 5.82 Å². The van der Waals surface area contributed by atoms with Gasteiger partial charge in [0.2, 0.25) is 5.95 Å². The van der Waals surface area contributed by atoms with E-state index in [1.807, 2.05) is 17.7 Å². The number of benzene rings is 1. The highest BCUT2D eigenvalue weighted by Crippen LogP contribution is 2.24. The zero-order valence-electron chi connectivity index (χ0n) is 11.5. The van der Waals surface area contributed by atoms with E-state index in [0.717, 1.165) is 29.8 Å². The van der Waals surface area contributed by atoms with Crippen LogP contribution in [-0.2, 0) is 6.54 Å². The number of anilines is 1. The van der Waals surface area contributed by atoms with Crippen LogP contribution >= 0.6 is 0 Å². The number of aromatic nitrogens is 2. The maximum atomic E-state index is 13.1. The first-order valence-corrected chi connectivity index (χ1v) is 6.71. The number of nitrogens with two attached hydrogens (primary N) is 1. The fourth-order valence-electron chi connectivity index (χ4n) is 2.19. The van der Waals surface area contributed by atoms with Gasteiger partial charge in [-0.15, -0.1) is 0 Å². The molecule has 0 fully saturated rings. The van der Waals surface area contributed by atoms with Gasteiger partial charge in [-0.2, -0.15) is 0 Å². The lowest BCUT2D eigenvalue weighted by Crippen LogP contribution is -2.02. The Morgan fingerprint density at radius 1 is 1.32 bits per heavy atom. The average molecular weight is 261 g/mol. The summed E-state index contributed by atoms with van der Waals surface area (Å²) in [6.07, 6.45) is 5.41. The third kappa shape index (κ3) is 3.13. The summed E-state index contributed by atoms with van der Waals surface area (Å²) in [4.78, 5) is 4.37. The molecule has 0 unspecified atom stereocenters. The molecule has 1 aromatic heterocycles. The molecule has 0 amide bonds. The maximum absolute atomic E-state index is 13.1. The molecule has 0 atom stereocenters. The van der Waals surface area contributed by atoms with Crippen LogP contribution in [0.5, 0.6) is 0 Å². The van der Waals surface area contributed by atoms with Crippen LogP contribution < -0.4 is 5.73 Å². The molecule has 0 spiro atoms. The van der Waals surface area contributed by atoms with Crippen molar-refractivity contribution in [1.29, 1.82) is 0 Å². The van der Waals surface area contributed by atoms with Crippen LogP contribution in [0.2, 0.25) is 0 Å². The first kappa shape index (κ1) is 13.6. The Hall–Kier alpha value is -1.84. The minimum atomic E-state index is -0.225. The molecule has 4 heteroatoms. The monoisotopic (exact) mass is 261 g/mol. The van der Waals surface area contributed by atoms with Gasteiger partial charge >= 0.3 is 0 Å². The molecule has 19 heavy (non-hydrogen) atoms. The third-order valence-corrected chi connectivity index (χ3v) is 3.27. The molecular weight excluding hydrogens is 241 g/mol. The molecular formula is C15H20FN3. The topological polar surface area (TPSA) is 43.8 Å². The maximum Gasteiger partial charge on any atom is 0.200 e. The predicted octanol–water partition coefficient (Wildman–Crippen LogP) is 3.77. The summed E-state index contributed by atoms with van der Waals surface area (Å²) in [6, 6.07) is 4.72. The molecule has 102 valence electrons. The highest BCUT2D eigenvalue weighted by Gasteiger charge is 2.09. The second kappa shape index (κ2) is 5.87. The van der Waals surface area contributed by atoms with Gasteiger partial charge in [0.25, 0.3) is 0 Å². The SMILES string of the molecule is CCCCCn1cc(-c2ccc(F)cc2C)nc1N. The number of rotatable bonds is 5. The fraction of sp³-hybridized carbons (Fsp3) is 0.400. The lowest BCUT2D eigenvalue weighted by Gasteiger charge is -2.03. The van der Waals surface area contributed by atoms with Crippen LogP contribution in [0.1, 0.15) is 31.7 Å². The summed E-state index contributed by atoms with van der Waals surface area (Å²) in [5.74, 6) is 0.298. The molecule has 3 nitrogen and oxygen atoms in total. The van der Waals surface area contributed by atoms with Crippen molar-refractivity contribution in [3.8, 4) is 11.3 Å². The van der Waals surface area contributed by atoms with Crippen molar-refractivity contribution in [2.45, 2.75) is 39.7 Å². The van der Waals surface area contributed by atoms with E-state index >= 15 is 0 Å². The van der Waals surface area contributed by atoms with Gasteiger partial charge in [0.1, 0.15) is 5.82 Å². The highest BCUT2D eigenvalue weighted by molar-refractivity contribution is 5.64. The highest BCUT2D eigenvalue weighted by atomic mass is 19.1. The standard InChI is InChI=1S/C15H20FN3/c1-3-4-5-8-19-10-14(18-15(19)17)13-7-6-12(16)9-11(13)2/h6-7,9-10H,3-5,8H2,1-2H3,(H2,17,18). The number of nitrogen functional groups attached to an aromatic ring is 1. The van der Waals surface area contributed by atoms with Gasteiger partial charge in [-0.05, 0) is 37.1 Å². The zero-order valence-corrected chi connectivity index (χ0v) is 11.5. The van der Waals surface area contributed by atoms with E-state index in [0.29, 0.717) is 5.95 Å². The number of halogens is 1. The minimum absolute atomic E-state index is 0.225. The molecule has 0 bridgehead atoms. The molecule has 0 saturated carbocycles. The van der Waals surface area contributed by atoms with Crippen molar-refractivity contribution in [1.82, 2.24) is 9.55 Å². The summed E-state index contributed by atoms with van der Waals surface area (Å²) >= 11 is 0. The second-order valence-corrected chi connectivity index (χ2v) is 4.84. The summed E-state index contributed by atoms with van der Waals surface area (Å²) < 4.78 is 15.1. The Balaban J connectivity index is 2.23. The van der Waals surface area contributed by atoms with Crippen molar-refractivity contribution in [2.24, 2.45) is 0 Å². The summed E-state index contributed by atoms with van der Waals surface area (Å²) in [6.45, 7) is 4.93. The van der Waals surface area contributed by atoms with E-state index in [4.69, 9.17) is 5.73 Å². The number of hydrogen-bond acceptors (Lipinski definition) is 2. The number of nitrogens with zero attached hydrogens (tertiary/aromatic N) is 2. The smallest absolute Gasteiger partial charge is 0.200 e. The lowest BCUT2D eigenvalue weighted by atomic mass is 10.1. The Morgan fingerprint density at radius 2 is 2.11 bits per heavy atom. The normalized spacial score (nSPS) is 10.9. The summed E-state index contributed by atoms with van der Waals surface area (Å²) in [5, 5.41) is 0. The van der Waals surface area contributed by atoms with Gasteiger partial charge in [0.15, 0.2) is 0 Å². The van der Waals surface area contributed by atoms with Gasteiger partial charge in [-0.25, -0.2) is 9.37 Å². The van der Waals surface area contributed by atoms with E-state index in [1.165, 1.54) is 25.0 Å². The van der Waals surface area contributed by atoms with Crippen LogP contribution in [0.4, 0.5) is 10.3 Å². The van der Waals surface area contributed by atoms with Gasteiger partial charge < -0.3 is 10.3 Å². The third-order valence-electron chi connectivity index (χ3n) is 3.27. The van der Waals surface area contributed by atoms with Crippen molar-refractivity contribution < 1.29 is 4.39 Å². The van der Waals surface area contributed by atoms with Crippen LogP contribution in [0.15, 0.2) is 24.4 Å². The Kier molecular flexibility index (Phi) is 4.20. The molecule has 1 heterocycles. The quantitative estimate of drug-likeness (QED) is 0.833. The van der Waals surface area contributed by atoms with Crippen LogP contribution in [0, 0.1) is 12.7 Å². The lowest BCUT2D eigenvalue weighted by molar-refractivity contribution is 0.608. The predicted molar refractivity (Wildman–Crippen MR) is 76.3 cm³/mol. The molecule has 0 aliphatic heterocycles. The van der Waals surface area contributed by atoms with E-state index in [9.17, 15) is 4.39 Å². The first-order chi connectivity index (χ1) is 9.11. The van der Waals surface area contributed by atoms with E-state index in [1.54, 1.807) is 6.07 Å². The van der Waals surface area contributed by atoms with Gasteiger partial charge in [-0.1, -0.05) is 19.8 Å².